The molecule has 6 nitrogen and oxygen atoms in total. The van der Waals surface area contributed by atoms with Gasteiger partial charge < -0.3 is 19.5 Å². The zero-order valence-electron chi connectivity index (χ0n) is 16.3. The normalized spacial score (nSPS) is 18.0. The van der Waals surface area contributed by atoms with Gasteiger partial charge in [-0.1, -0.05) is 48.0 Å². The smallest absolute Gasteiger partial charge is 0.308 e. The number of carbonyl (C=O) groups excluding carboxylic acids is 2. The number of benzene rings is 2. The number of ether oxygens (including phenoxy) is 3. The number of amides is 1. The molecular formula is C22H21Cl2NO5. The van der Waals surface area contributed by atoms with Gasteiger partial charge in [-0.3, -0.25) is 9.59 Å². The summed E-state index contributed by atoms with van der Waals surface area (Å²) >= 11 is 12.8. The molecule has 1 N–H and O–H groups in total. The molecule has 0 saturated heterocycles. The molecule has 0 unspecified atom stereocenters. The quantitative estimate of drug-likeness (QED) is 0.478. The van der Waals surface area contributed by atoms with Crippen LogP contribution >= 0.6 is 23.2 Å². The van der Waals surface area contributed by atoms with Crippen LogP contribution < -0.4 is 10.1 Å². The first-order valence-electron chi connectivity index (χ1n) is 9.38. The van der Waals surface area contributed by atoms with Crippen LogP contribution in [-0.2, 0) is 19.1 Å². The minimum absolute atomic E-state index is 0.209. The van der Waals surface area contributed by atoms with Gasteiger partial charge >= 0.3 is 5.97 Å². The van der Waals surface area contributed by atoms with Gasteiger partial charge in [-0.05, 0) is 31.2 Å². The van der Waals surface area contributed by atoms with E-state index < -0.39 is 24.1 Å². The van der Waals surface area contributed by atoms with Gasteiger partial charge in [-0.25, -0.2) is 0 Å². The highest BCUT2D eigenvalue weighted by atomic mass is 35.5. The Labute approximate surface area is 184 Å². The molecule has 8 heteroatoms. The fourth-order valence-electron chi connectivity index (χ4n) is 3.12. The number of nitrogens with one attached hydrogen (secondary N) is 1. The monoisotopic (exact) mass is 449 g/mol. The molecule has 0 radical (unpaired) electrons. The standard InChI is InChI=1S/C22H21Cl2NO5/c1-3-10-29-17-7-5-6-14(20(17)24)21-15-11-13(23)8-9-16(15)25-22(27)18(30-21)12-19(26)28-4-2/h3,5-9,11,18,21H,1,4,10,12H2,2H3,(H,25,27)/t18-,21-/m1/s1. The molecule has 1 heterocycles. The van der Waals surface area contributed by atoms with E-state index in [1.165, 1.54) is 0 Å². The Kier molecular flexibility index (Phi) is 7.37. The zero-order valence-corrected chi connectivity index (χ0v) is 17.8. The van der Waals surface area contributed by atoms with Crippen molar-refractivity contribution in [2.24, 2.45) is 0 Å². The summed E-state index contributed by atoms with van der Waals surface area (Å²) < 4.78 is 16.7. The molecule has 1 amide bonds. The van der Waals surface area contributed by atoms with E-state index in [0.29, 0.717) is 32.6 Å². The third kappa shape index (κ3) is 4.95. The summed E-state index contributed by atoms with van der Waals surface area (Å²) in [6.45, 7) is 5.82. The van der Waals surface area contributed by atoms with Gasteiger partial charge in [0.25, 0.3) is 5.91 Å². The number of halogens is 2. The minimum atomic E-state index is -1.07. The van der Waals surface area contributed by atoms with Crippen molar-refractivity contribution in [1.29, 1.82) is 0 Å². The Morgan fingerprint density at radius 1 is 1.27 bits per heavy atom. The van der Waals surface area contributed by atoms with Crippen molar-refractivity contribution >= 4 is 40.8 Å². The number of carbonyl (C=O) groups is 2. The van der Waals surface area contributed by atoms with Gasteiger partial charge in [0.2, 0.25) is 0 Å². The lowest BCUT2D eigenvalue weighted by Crippen LogP contribution is -2.32. The van der Waals surface area contributed by atoms with Crippen LogP contribution in [0.15, 0.2) is 49.1 Å². The van der Waals surface area contributed by atoms with E-state index in [0.717, 1.165) is 0 Å². The van der Waals surface area contributed by atoms with Crippen molar-refractivity contribution in [3.05, 3.63) is 70.2 Å². The highest BCUT2D eigenvalue weighted by Gasteiger charge is 2.34. The van der Waals surface area contributed by atoms with Crippen molar-refractivity contribution < 1.29 is 23.8 Å². The Morgan fingerprint density at radius 2 is 2.07 bits per heavy atom. The summed E-state index contributed by atoms with van der Waals surface area (Å²) in [5.41, 5.74) is 1.71. The van der Waals surface area contributed by atoms with Gasteiger partial charge in [0, 0.05) is 21.8 Å². The first kappa shape index (κ1) is 22.2. The Balaban J connectivity index is 2.05. The highest BCUT2D eigenvalue weighted by molar-refractivity contribution is 6.33. The van der Waals surface area contributed by atoms with Crippen LogP contribution in [0.4, 0.5) is 5.69 Å². The maximum absolute atomic E-state index is 12.7. The molecule has 0 bridgehead atoms. The molecule has 0 aliphatic carbocycles. The number of rotatable bonds is 7. The summed E-state index contributed by atoms with van der Waals surface area (Å²) in [5.74, 6) is -0.536. The molecule has 0 saturated carbocycles. The maximum atomic E-state index is 12.7. The van der Waals surface area contributed by atoms with Crippen LogP contribution in [0.3, 0.4) is 0 Å². The van der Waals surface area contributed by atoms with E-state index in [2.05, 4.69) is 11.9 Å². The minimum Gasteiger partial charge on any atom is -0.488 e. The van der Waals surface area contributed by atoms with Crippen LogP contribution in [-0.4, -0.2) is 31.2 Å². The van der Waals surface area contributed by atoms with Gasteiger partial charge in [0.05, 0.1) is 18.1 Å². The zero-order chi connectivity index (χ0) is 21.7. The summed E-state index contributed by atoms with van der Waals surface area (Å²) in [4.78, 5) is 24.7. The van der Waals surface area contributed by atoms with Crippen molar-refractivity contribution in [3.63, 3.8) is 0 Å². The molecule has 2 aromatic carbocycles. The van der Waals surface area contributed by atoms with Crippen LogP contribution in [0.1, 0.15) is 30.6 Å². The molecular weight excluding hydrogens is 429 g/mol. The average molecular weight is 450 g/mol. The number of esters is 1. The van der Waals surface area contributed by atoms with Crippen LogP contribution in [0.2, 0.25) is 10.0 Å². The number of fused-ring (bicyclic) bond motifs is 1. The fraction of sp³-hybridized carbons (Fsp3) is 0.273. The first-order chi connectivity index (χ1) is 14.4. The molecule has 1 aliphatic heterocycles. The topological polar surface area (TPSA) is 73.9 Å². The van der Waals surface area contributed by atoms with E-state index in [4.69, 9.17) is 37.4 Å². The Hall–Kier alpha value is -2.54. The molecule has 158 valence electrons. The number of anilines is 1. The lowest BCUT2D eigenvalue weighted by Gasteiger charge is -2.23. The lowest BCUT2D eigenvalue weighted by atomic mass is 9.99. The molecule has 2 aromatic rings. The van der Waals surface area contributed by atoms with Crippen molar-refractivity contribution in [1.82, 2.24) is 0 Å². The van der Waals surface area contributed by atoms with Crippen LogP contribution in [0, 0.1) is 0 Å². The number of hydrogen-bond donors (Lipinski definition) is 1. The van der Waals surface area contributed by atoms with E-state index in [1.54, 1.807) is 49.4 Å². The predicted octanol–water partition coefficient (Wildman–Crippen LogP) is 4.94. The largest absolute Gasteiger partial charge is 0.488 e. The van der Waals surface area contributed by atoms with Gasteiger partial charge in [-0.2, -0.15) is 0 Å². The summed E-state index contributed by atoms with van der Waals surface area (Å²) in [6, 6.07) is 10.3. The molecule has 30 heavy (non-hydrogen) atoms. The summed E-state index contributed by atoms with van der Waals surface area (Å²) in [7, 11) is 0. The second-order valence-corrected chi connectivity index (χ2v) is 7.31. The van der Waals surface area contributed by atoms with E-state index in [9.17, 15) is 9.59 Å². The van der Waals surface area contributed by atoms with E-state index >= 15 is 0 Å². The van der Waals surface area contributed by atoms with E-state index in [-0.39, 0.29) is 19.6 Å². The van der Waals surface area contributed by atoms with Gasteiger partial charge in [0.15, 0.2) is 0 Å². The SMILES string of the molecule is C=CCOc1cccc([C@H]2O[C@H](CC(=O)OCC)C(=O)Nc3ccc(Cl)cc32)c1Cl. The van der Waals surface area contributed by atoms with Crippen molar-refractivity contribution in [2.75, 3.05) is 18.5 Å². The third-order valence-electron chi connectivity index (χ3n) is 4.44. The molecule has 0 spiro atoms. The van der Waals surface area contributed by atoms with Crippen LogP contribution in [0.5, 0.6) is 5.75 Å². The molecule has 2 atom stereocenters. The average Bonchev–Trinajstić information content (AvgIpc) is 2.84. The Morgan fingerprint density at radius 3 is 2.80 bits per heavy atom. The van der Waals surface area contributed by atoms with Crippen molar-refractivity contribution in [2.45, 2.75) is 25.6 Å². The third-order valence-corrected chi connectivity index (χ3v) is 5.08. The fourth-order valence-corrected chi connectivity index (χ4v) is 3.58. The molecule has 0 fully saturated rings. The maximum Gasteiger partial charge on any atom is 0.308 e. The van der Waals surface area contributed by atoms with Gasteiger partial charge in [-0.15, -0.1) is 0 Å². The van der Waals surface area contributed by atoms with Crippen LogP contribution in [0.25, 0.3) is 0 Å². The lowest BCUT2D eigenvalue weighted by molar-refractivity contribution is -0.150. The molecule has 1 aliphatic rings. The number of hydrogen-bond acceptors (Lipinski definition) is 5. The van der Waals surface area contributed by atoms with Crippen molar-refractivity contribution in [3.8, 4) is 5.75 Å². The van der Waals surface area contributed by atoms with E-state index in [1.807, 2.05) is 0 Å². The Bertz CT molecular complexity index is 963. The second kappa shape index (κ2) is 9.98. The van der Waals surface area contributed by atoms with Gasteiger partial charge in [0.1, 0.15) is 24.6 Å². The summed E-state index contributed by atoms with van der Waals surface area (Å²) in [6.07, 6.45) is -0.466. The predicted molar refractivity (Wildman–Crippen MR) is 115 cm³/mol. The first-order valence-corrected chi connectivity index (χ1v) is 10.1. The summed E-state index contributed by atoms with van der Waals surface area (Å²) in [5, 5.41) is 3.60. The second-order valence-electron chi connectivity index (χ2n) is 6.49. The highest BCUT2D eigenvalue weighted by Crippen LogP contribution is 2.42. The molecule has 0 aromatic heterocycles. The molecule has 3 rings (SSSR count).